The van der Waals surface area contributed by atoms with Gasteiger partial charge in [0.15, 0.2) is 0 Å². The molecule has 0 unspecified atom stereocenters. The highest BCUT2D eigenvalue weighted by Gasteiger charge is 2.31. The highest BCUT2D eigenvalue weighted by Crippen LogP contribution is 2.38. The lowest BCUT2D eigenvalue weighted by Gasteiger charge is -2.21. The fourth-order valence-corrected chi connectivity index (χ4v) is 3.18. The molecule has 1 aliphatic carbocycles. The molecule has 0 amide bonds. The van der Waals surface area contributed by atoms with Crippen LogP contribution in [-0.4, -0.2) is 13.0 Å². The van der Waals surface area contributed by atoms with Gasteiger partial charge in [-0.3, -0.25) is 0 Å². The van der Waals surface area contributed by atoms with Crippen molar-refractivity contribution < 1.29 is 22.6 Å². The van der Waals surface area contributed by atoms with E-state index < -0.39 is 6.36 Å². The number of hydrogen-bond donors (Lipinski definition) is 0. The van der Waals surface area contributed by atoms with Gasteiger partial charge < -0.3 is 9.47 Å². The van der Waals surface area contributed by atoms with Gasteiger partial charge in [-0.1, -0.05) is 31.9 Å². The summed E-state index contributed by atoms with van der Waals surface area (Å²) in [4.78, 5) is 0. The molecule has 0 atom stereocenters. The lowest BCUT2D eigenvalue weighted by molar-refractivity contribution is -0.274. The molecule has 0 bridgehead atoms. The minimum Gasteiger partial charge on any atom is -0.494 e. The molecule has 25 heavy (non-hydrogen) atoms. The molecule has 0 radical (unpaired) electrons. The second-order valence-electron chi connectivity index (χ2n) is 6.24. The molecular weight excluding hydrogens is 329 g/mol. The van der Waals surface area contributed by atoms with E-state index in [1.54, 1.807) is 6.07 Å². The molecule has 0 N–H and O–H groups in total. The highest BCUT2D eigenvalue weighted by molar-refractivity contribution is 5.74. The average molecular weight is 350 g/mol. The van der Waals surface area contributed by atoms with E-state index in [4.69, 9.17) is 4.74 Å². The van der Waals surface area contributed by atoms with Crippen LogP contribution in [0.3, 0.4) is 0 Å². The number of benzene rings is 2. The van der Waals surface area contributed by atoms with Crippen molar-refractivity contribution >= 4 is 0 Å². The first kappa shape index (κ1) is 17.6. The standard InChI is InChI=1S/C20H21F3O2/c1-2-3-4-11-24-16-7-9-18-14(12-16)5-6-15-13-17(8-10-19(15)18)25-20(21,22)23/h7-10,12-13H,2-6,11H2,1H3. The van der Waals surface area contributed by atoms with Crippen LogP contribution in [-0.2, 0) is 12.8 Å². The van der Waals surface area contributed by atoms with Crippen LogP contribution in [0.4, 0.5) is 13.2 Å². The van der Waals surface area contributed by atoms with Gasteiger partial charge in [-0.15, -0.1) is 13.2 Å². The second kappa shape index (κ2) is 7.38. The van der Waals surface area contributed by atoms with E-state index in [-0.39, 0.29) is 5.75 Å². The Labute approximate surface area is 145 Å². The number of ether oxygens (including phenoxy) is 2. The van der Waals surface area contributed by atoms with Crippen LogP contribution in [0.25, 0.3) is 11.1 Å². The summed E-state index contributed by atoms with van der Waals surface area (Å²) in [6.45, 7) is 2.86. The van der Waals surface area contributed by atoms with Crippen molar-refractivity contribution in [2.24, 2.45) is 0 Å². The largest absolute Gasteiger partial charge is 0.573 e. The summed E-state index contributed by atoms with van der Waals surface area (Å²) >= 11 is 0. The first-order chi connectivity index (χ1) is 12.0. The summed E-state index contributed by atoms with van der Waals surface area (Å²) in [7, 11) is 0. The molecule has 3 rings (SSSR count). The lowest BCUT2D eigenvalue weighted by Crippen LogP contribution is -2.17. The first-order valence-corrected chi connectivity index (χ1v) is 8.61. The fourth-order valence-electron chi connectivity index (χ4n) is 3.18. The van der Waals surface area contributed by atoms with E-state index in [9.17, 15) is 13.2 Å². The Morgan fingerprint density at radius 1 is 0.880 bits per heavy atom. The quantitative estimate of drug-likeness (QED) is 0.602. The molecule has 2 nitrogen and oxygen atoms in total. The monoisotopic (exact) mass is 350 g/mol. The van der Waals surface area contributed by atoms with Gasteiger partial charge in [0.1, 0.15) is 11.5 Å². The summed E-state index contributed by atoms with van der Waals surface area (Å²) in [6.07, 6.45) is 0.162. The first-order valence-electron chi connectivity index (χ1n) is 8.61. The van der Waals surface area contributed by atoms with Crippen molar-refractivity contribution in [2.45, 2.75) is 45.4 Å². The van der Waals surface area contributed by atoms with Crippen molar-refractivity contribution in [2.75, 3.05) is 6.61 Å². The molecule has 134 valence electrons. The van der Waals surface area contributed by atoms with Crippen LogP contribution in [0.5, 0.6) is 11.5 Å². The van der Waals surface area contributed by atoms with Gasteiger partial charge in [-0.2, -0.15) is 0 Å². The number of unbranched alkanes of at least 4 members (excludes halogenated alkanes) is 2. The van der Waals surface area contributed by atoms with Crippen molar-refractivity contribution in [1.82, 2.24) is 0 Å². The van der Waals surface area contributed by atoms with Gasteiger partial charge in [-0.25, -0.2) is 0 Å². The lowest BCUT2D eigenvalue weighted by atomic mass is 9.85. The SMILES string of the molecule is CCCCCOc1ccc2c(c1)CCc1cc(OC(F)(F)F)ccc1-2. The van der Waals surface area contributed by atoms with Gasteiger partial charge in [0, 0.05) is 0 Å². The van der Waals surface area contributed by atoms with E-state index in [2.05, 4.69) is 11.7 Å². The van der Waals surface area contributed by atoms with Crippen LogP contribution < -0.4 is 9.47 Å². The minimum absolute atomic E-state index is 0.162. The van der Waals surface area contributed by atoms with Crippen LogP contribution in [0, 0.1) is 0 Å². The molecular formula is C20H21F3O2. The molecule has 5 heteroatoms. The number of aryl methyl sites for hydroxylation is 2. The molecule has 0 saturated heterocycles. The Hall–Kier alpha value is -2.17. The molecule has 0 aliphatic heterocycles. The van der Waals surface area contributed by atoms with Crippen LogP contribution in [0.1, 0.15) is 37.3 Å². The topological polar surface area (TPSA) is 18.5 Å². The third kappa shape index (κ3) is 4.47. The summed E-state index contributed by atoms with van der Waals surface area (Å²) in [6, 6.07) is 10.5. The number of alkyl halides is 3. The zero-order chi connectivity index (χ0) is 17.9. The Kier molecular flexibility index (Phi) is 5.21. The molecule has 0 aromatic heterocycles. The van der Waals surface area contributed by atoms with E-state index in [0.29, 0.717) is 13.0 Å². The summed E-state index contributed by atoms with van der Waals surface area (Å²) in [5.41, 5.74) is 4.07. The van der Waals surface area contributed by atoms with Crippen LogP contribution in [0.2, 0.25) is 0 Å². The smallest absolute Gasteiger partial charge is 0.494 e. The summed E-state index contributed by atoms with van der Waals surface area (Å²) in [5.74, 6) is 0.695. The van der Waals surface area contributed by atoms with Gasteiger partial charge in [-0.05, 0) is 65.8 Å². The van der Waals surface area contributed by atoms with Crippen molar-refractivity contribution in [3.8, 4) is 22.6 Å². The second-order valence-corrected chi connectivity index (χ2v) is 6.24. The summed E-state index contributed by atoms with van der Waals surface area (Å²) < 4.78 is 46.9. The zero-order valence-corrected chi connectivity index (χ0v) is 14.2. The number of rotatable bonds is 6. The fraction of sp³-hybridized carbons (Fsp3) is 0.400. The van der Waals surface area contributed by atoms with Gasteiger partial charge in [0.25, 0.3) is 0 Å². The number of hydrogen-bond acceptors (Lipinski definition) is 2. The molecule has 0 fully saturated rings. The maximum absolute atomic E-state index is 12.4. The predicted octanol–water partition coefficient (Wildman–Crippen LogP) is 5.92. The minimum atomic E-state index is -4.66. The van der Waals surface area contributed by atoms with Gasteiger partial charge >= 0.3 is 6.36 Å². The number of fused-ring (bicyclic) bond motifs is 3. The molecule has 2 aromatic carbocycles. The van der Waals surface area contributed by atoms with Gasteiger partial charge in [0.05, 0.1) is 6.61 Å². The maximum atomic E-state index is 12.4. The molecule has 1 aliphatic rings. The van der Waals surface area contributed by atoms with E-state index >= 15 is 0 Å². The van der Waals surface area contributed by atoms with Gasteiger partial charge in [0.2, 0.25) is 0 Å². The Morgan fingerprint density at radius 2 is 1.48 bits per heavy atom. The van der Waals surface area contributed by atoms with Crippen molar-refractivity contribution in [3.05, 3.63) is 47.5 Å². The van der Waals surface area contributed by atoms with E-state index in [0.717, 1.165) is 48.1 Å². The third-order valence-electron chi connectivity index (χ3n) is 4.36. The molecule has 0 saturated carbocycles. The Balaban J connectivity index is 1.77. The van der Waals surface area contributed by atoms with Crippen molar-refractivity contribution in [1.29, 1.82) is 0 Å². The molecule has 0 heterocycles. The third-order valence-corrected chi connectivity index (χ3v) is 4.36. The Bertz CT molecular complexity index is 738. The highest BCUT2D eigenvalue weighted by atomic mass is 19.4. The normalized spacial score (nSPS) is 13.1. The Morgan fingerprint density at radius 3 is 2.08 bits per heavy atom. The van der Waals surface area contributed by atoms with Crippen LogP contribution in [0.15, 0.2) is 36.4 Å². The maximum Gasteiger partial charge on any atom is 0.573 e. The molecule has 2 aromatic rings. The van der Waals surface area contributed by atoms with E-state index in [1.165, 1.54) is 17.7 Å². The number of halogens is 3. The molecule has 0 spiro atoms. The van der Waals surface area contributed by atoms with Crippen LogP contribution >= 0.6 is 0 Å². The predicted molar refractivity (Wildman–Crippen MR) is 91.0 cm³/mol. The van der Waals surface area contributed by atoms with Crippen molar-refractivity contribution in [3.63, 3.8) is 0 Å². The summed E-state index contributed by atoms with van der Waals surface area (Å²) in [5, 5.41) is 0. The zero-order valence-electron chi connectivity index (χ0n) is 14.2. The average Bonchev–Trinajstić information content (AvgIpc) is 2.57. The van der Waals surface area contributed by atoms with E-state index in [1.807, 2.05) is 18.2 Å².